The quantitative estimate of drug-likeness (QED) is 0.225. The number of carboxylic acid groups (broad SMARTS) is 1. The predicted molar refractivity (Wildman–Crippen MR) is 107 cm³/mol. The first-order valence-corrected chi connectivity index (χ1v) is 8.54. The number of allylic oxidation sites excluding steroid dienone is 1. The van der Waals surface area contributed by atoms with Crippen LogP contribution in [0.4, 0.5) is 0 Å². The molecule has 0 amide bonds. The van der Waals surface area contributed by atoms with Crippen molar-refractivity contribution in [2.24, 2.45) is 0 Å². The maximum atomic E-state index is 11.0. The first-order chi connectivity index (χ1) is 13.7. The maximum absolute atomic E-state index is 11.0. The third-order valence-electron chi connectivity index (χ3n) is 2.51. The molecule has 29 heavy (non-hydrogen) atoms. The highest BCUT2D eigenvalue weighted by Crippen LogP contribution is 2.01. The van der Waals surface area contributed by atoms with E-state index in [2.05, 4.69) is 33.9 Å². The molecule has 0 aliphatic carbocycles. The number of ether oxygens (including phenoxy) is 3. The number of carboxylic acids is 1. The molecule has 0 aliphatic rings. The van der Waals surface area contributed by atoms with Crippen molar-refractivity contribution in [1.29, 1.82) is 0 Å². The van der Waals surface area contributed by atoms with Crippen molar-refractivity contribution in [1.82, 2.24) is 0 Å². The summed E-state index contributed by atoms with van der Waals surface area (Å²) in [5.74, 6) is -2.44. The number of carbonyl (C=O) groups excluding carboxylic acids is 3. The third kappa shape index (κ3) is 27.1. The minimum absolute atomic E-state index is 0.0828. The van der Waals surface area contributed by atoms with Crippen LogP contribution in [0.3, 0.4) is 0 Å². The molecular weight excluding hydrogens is 384 g/mol. The maximum Gasteiger partial charge on any atom is 0.333 e. The molecule has 0 aromatic rings. The van der Waals surface area contributed by atoms with Crippen LogP contribution in [-0.2, 0) is 33.4 Å². The van der Waals surface area contributed by atoms with Gasteiger partial charge in [0.05, 0.1) is 20.3 Å². The molecule has 0 fully saturated rings. The zero-order valence-corrected chi connectivity index (χ0v) is 16.9. The van der Waals surface area contributed by atoms with Gasteiger partial charge in [0, 0.05) is 23.8 Å². The molecule has 0 atom stereocenters. The summed E-state index contributed by atoms with van der Waals surface area (Å²) in [6, 6.07) is 0. The van der Waals surface area contributed by atoms with Crippen LogP contribution in [0.1, 0.15) is 26.2 Å². The summed E-state index contributed by atoms with van der Waals surface area (Å²) in [6.45, 7) is 12.1. The number of carbonyl (C=O) groups is 4. The summed E-state index contributed by atoms with van der Waals surface area (Å²) >= 11 is 0. The minimum Gasteiger partial charge on any atom is -0.478 e. The van der Waals surface area contributed by atoms with Crippen LogP contribution in [-0.4, -0.2) is 61.0 Å². The monoisotopic (exact) mass is 414 g/mol. The molecule has 0 radical (unpaired) electrons. The van der Waals surface area contributed by atoms with Crippen molar-refractivity contribution in [3.63, 3.8) is 0 Å². The molecule has 164 valence electrons. The molecule has 0 saturated carbocycles. The van der Waals surface area contributed by atoms with E-state index in [0.717, 1.165) is 25.0 Å². The molecule has 0 aliphatic heterocycles. The van der Waals surface area contributed by atoms with Crippen LogP contribution in [0.5, 0.6) is 0 Å². The summed E-state index contributed by atoms with van der Waals surface area (Å²) in [4.78, 5) is 41.2. The minimum atomic E-state index is -1.08. The van der Waals surface area contributed by atoms with Gasteiger partial charge in [-0.05, 0) is 12.8 Å². The zero-order chi connectivity index (χ0) is 23.1. The van der Waals surface area contributed by atoms with Gasteiger partial charge in [-0.2, -0.15) is 0 Å². The molecule has 2 N–H and O–H groups in total. The smallest absolute Gasteiger partial charge is 0.333 e. The molecule has 9 nitrogen and oxygen atoms in total. The molecule has 0 rings (SSSR count). The van der Waals surface area contributed by atoms with Gasteiger partial charge in [-0.3, -0.25) is 0 Å². The van der Waals surface area contributed by atoms with E-state index in [-0.39, 0.29) is 31.2 Å². The van der Waals surface area contributed by atoms with E-state index in [1.165, 1.54) is 19.3 Å². The first-order valence-electron chi connectivity index (χ1n) is 8.54. The molecule has 0 bridgehead atoms. The fraction of sp³-hybridized carbons (Fsp3) is 0.400. The summed E-state index contributed by atoms with van der Waals surface area (Å²) < 4.78 is 13.4. The van der Waals surface area contributed by atoms with Gasteiger partial charge in [0.15, 0.2) is 0 Å². The van der Waals surface area contributed by atoms with Gasteiger partial charge in [0.2, 0.25) is 0 Å². The van der Waals surface area contributed by atoms with Gasteiger partial charge in [0.25, 0.3) is 0 Å². The Labute approximate surface area is 171 Å². The lowest BCUT2D eigenvalue weighted by Crippen LogP contribution is -2.09. The second-order valence-electron chi connectivity index (χ2n) is 4.86. The van der Waals surface area contributed by atoms with E-state index in [0.29, 0.717) is 6.61 Å². The SMILES string of the molecule is C=C(CC=CC(=O)O)C(=O)OCCO.C=CC(=O)OC.C=CC(=O)OCCCC. The van der Waals surface area contributed by atoms with Crippen LogP contribution in [0, 0.1) is 0 Å². The highest BCUT2D eigenvalue weighted by Gasteiger charge is 2.05. The fourth-order valence-electron chi connectivity index (χ4n) is 1.09. The Morgan fingerprint density at radius 3 is 1.97 bits per heavy atom. The second kappa shape index (κ2) is 22.8. The number of hydrogen-bond acceptors (Lipinski definition) is 8. The van der Waals surface area contributed by atoms with E-state index < -0.39 is 17.9 Å². The summed E-state index contributed by atoms with van der Waals surface area (Å²) in [5, 5.41) is 16.6. The molecule has 0 aromatic carbocycles. The van der Waals surface area contributed by atoms with Crippen molar-refractivity contribution in [3.8, 4) is 0 Å². The van der Waals surface area contributed by atoms with Crippen molar-refractivity contribution < 1.29 is 43.6 Å². The topological polar surface area (TPSA) is 136 Å². The molecule has 0 aromatic heterocycles. The molecule has 0 heterocycles. The van der Waals surface area contributed by atoms with E-state index in [4.69, 9.17) is 10.2 Å². The summed E-state index contributed by atoms with van der Waals surface area (Å²) in [7, 11) is 1.31. The Kier molecular flexibility index (Phi) is 24.0. The van der Waals surface area contributed by atoms with E-state index in [1.807, 2.05) is 6.92 Å². The highest BCUT2D eigenvalue weighted by atomic mass is 16.5. The van der Waals surface area contributed by atoms with E-state index in [1.54, 1.807) is 0 Å². The third-order valence-corrected chi connectivity index (χ3v) is 2.51. The van der Waals surface area contributed by atoms with Crippen LogP contribution in [0.15, 0.2) is 49.6 Å². The van der Waals surface area contributed by atoms with E-state index >= 15 is 0 Å². The normalized spacial score (nSPS) is 8.93. The standard InChI is InChI=1S/C9H12O5.C7H12O2.C4H6O2/c1-7(3-2-4-8(11)12)9(13)14-6-5-10;1-3-5-6-9-7(8)4-2;1-3-4(5)6-2/h2,4,10H,1,3,5-6H2,(H,11,12);4H,2-3,5-6H2,1H3;3H,1H2,2H3. The second-order valence-corrected chi connectivity index (χ2v) is 4.86. The first kappa shape index (κ1) is 30.5. The number of methoxy groups -OCH3 is 1. The largest absolute Gasteiger partial charge is 0.478 e. The number of rotatable bonds is 11. The summed E-state index contributed by atoms with van der Waals surface area (Å²) in [6.07, 6.45) is 6.60. The molecule has 0 spiro atoms. The van der Waals surface area contributed by atoms with Gasteiger partial charge in [-0.25, -0.2) is 19.2 Å². The Bertz CT molecular complexity index is 562. The van der Waals surface area contributed by atoms with Gasteiger partial charge in [-0.1, -0.05) is 39.2 Å². The average molecular weight is 414 g/mol. The number of aliphatic hydroxyl groups excluding tert-OH is 1. The Morgan fingerprint density at radius 1 is 1.00 bits per heavy atom. The Morgan fingerprint density at radius 2 is 1.59 bits per heavy atom. The van der Waals surface area contributed by atoms with Gasteiger partial charge < -0.3 is 24.4 Å². The van der Waals surface area contributed by atoms with Gasteiger partial charge in [0.1, 0.15) is 6.61 Å². The number of esters is 3. The Balaban J connectivity index is -0.000000386. The number of hydrogen-bond donors (Lipinski definition) is 2. The Hall–Kier alpha value is -3.20. The van der Waals surface area contributed by atoms with Crippen LogP contribution < -0.4 is 0 Å². The van der Waals surface area contributed by atoms with Crippen molar-refractivity contribution in [3.05, 3.63) is 49.6 Å². The highest BCUT2D eigenvalue weighted by molar-refractivity contribution is 5.88. The zero-order valence-electron chi connectivity index (χ0n) is 16.9. The number of unbranched alkanes of at least 4 members (excludes halogenated alkanes) is 1. The molecule has 9 heteroatoms. The van der Waals surface area contributed by atoms with Gasteiger partial charge in [-0.15, -0.1) is 0 Å². The van der Waals surface area contributed by atoms with Gasteiger partial charge >= 0.3 is 23.9 Å². The molecule has 0 saturated heterocycles. The predicted octanol–water partition coefficient (Wildman–Crippen LogP) is 1.97. The summed E-state index contributed by atoms with van der Waals surface area (Å²) in [5.41, 5.74) is 0.149. The average Bonchev–Trinajstić information content (AvgIpc) is 2.71. The lowest BCUT2D eigenvalue weighted by Gasteiger charge is -2.02. The number of aliphatic carboxylic acids is 1. The lowest BCUT2D eigenvalue weighted by molar-refractivity contribution is -0.140. The van der Waals surface area contributed by atoms with Crippen LogP contribution in [0.25, 0.3) is 0 Å². The van der Waals surface area contributed by atoms with Crippen molar-refractivity contribution >= 4 is 23.9 Å². The van der Waals surface area contributed by atoms with E-state index in [9.17, 15) is 19.2 Å². The molecule has 0 unspecified atom stereocenters. The lowest BCUT2D eigenvalue weighted by atomic mass is 10.2. The van der Waals surface area contributed by atoms with Crippen molar-refractivity contribution in [2.45, 2.75) is 26.2 Å². The van der Waals surface area contributed by atoms with Crippen molar-refractivity contribution in [2.75, 3.05) is 26.9 Å². The number of aliphatic hydroxyl groups is 1. The fourth-order valence-corrected chi connectivity index (χ4v) is 1.09. The molecular formula is C20H30O9. The van der Waals surface area contributed by atoms with Crippen LogP contribution in [0.2, 0.25) is 0 Å². The van der Waals surface area contributed by atoms with Crippen LogP contribution >= 0.6 is 0 Å².